The van der Waals surface area contributed by atoms with Crippen LogP contribution in [0.15, 0.2) is 24.5 Å². The van der Waals surface area contributed by atoms with Crippen LogP contribution in [0.4, 0.5) is 10.5 Å². The van der Waals surface area contributed by atoms with Gasteiger partial charge in [-0.25, -0.2) is 4.79 Å². The van der Waals surface area contributed by atoms with Crippen LogP contribution in [0.1, 0.15) is 18.5 Å². The minimum absolute atomic E-state index is 0.152. The third-order valence-corrected chi connectivity index (χ3v) is 3.60. The van der Waals surface area contributed by atoms with E-state index in [1.165, 1.54) is 0 Å². The molecule has 1 aromatic carbocycles. The molecule has 22 heavy (non-hydrogen) atoms. The standard InChI is InChI=1S/C14H15ClN4O3/c1-8(9-5-16-19(2)6-9)17-14(20)18-11-4-13-12(3-10(11)15)21-7-22-13/h3-6,8H,7H2,1-2H3,(H2,17,18,20)/t8-/m1/s1. The lowest BCUT2D eigenvalue weighted by Crippen LogP contribution is -2.31. The van der Waals surface area contributed by atoms with Crippen molar-refractivity contribution in [2.45, 2.75) is 13.0 Å². The average Bonchev–Trinajstić information content (AvgIpc) is 3.07. The maximum atomic E-state index is 12.1. The summed E-state index contributed by atoms with van der Waals surface area (Å²) in [5, 5.41) is 9.98. The minimum atomic E-state index is -0.364. The summed E-state index contributed by atoms with van der Waals surface area (Å²) in [5.41, 5.74) is 1.37. The summed E-state index contributed by atoms with van der Waals surface area (Å²) < 4.78 is 12.2. The fraction of sp³-hybridized carbons (Fsp3) is 0.286. The van der Waals surface area contributed by atoms with Crippen molar-refractivity contribution in [3.63, 3.8) is 0 Å². The smallest absolute Gasteiger partial charge is 0.319 e. The Morgan fingerprint density at radius 3 is 2.82 bits per heavy atom. The SMILES string of the molecule is C[C@@H](NC(=O)Nc1cc2c(cc1Cl)OCO2)c1cnn(C)c1. The van der Waals surface area contributed by atoms with Gasteiger partial charge in [-0.1, -0.05) is 11.6 Å². The lowest BCUT2D eigenvalue weighted by molar-refractivity contribution is 0.174. The number of hydrogen-bond donors (Lipinski definition) is 2. The van der Waals surface area contributed by atoms with E-state index in [2.05, 4.69) is 15.7 Å². The van der Waals surface area contributed by atoms with Crippen LogP contribution in [0.2, 0.25) is 5.02 Å². The predicted octanol–water partition coefficient (Wildman–Crippen LogP) is 2.68. The Morgan fingerprint density at radius 2 is 2.14 bits per heavy atom. The number of hydrogen-bond acceptors (Lipinski definition) is 4. The van der Waals surface area contributed by atoms with Crippen molar-refractivity contribution in [3.05, 3.63) is 35.1 Å². The first-order chi connectivity index (χ1) is 10.5. The van der Waals surface area contributed by atoms with Crippen LogP contribution in [0, 0.1) is 0 Å². The number of benzene rings is 1. The Balaban J connectivity index is 1.67. The van der Waals surface area contributed by atoms with Gasteiger partial charge in [0.25, 0.3) is 0 Å². The zero-order valence-electron chi connectivity index (χ0n) is 12.1. The number of carbonyl (C=O) groups excluding carboxylic acids is 1. The van der Waals surface area contributed by atoms with Crippen LogP contribution >= 0.6 is 11.6 Å². The van der Waals surface area contributed by atoms with E-state index in [9.17, 15) is 4.79 Å². The molecule has 8 heteroatoms. The number of nitrogens with zero attached hydrogens (tertiary/aromatic N) is 2. The summed E-state index contributed by atoms with van der Waals surface area (Å²) in [6.07, 6.45) is 3.55. The molecular weight excluding hydrogens is 308 g/mol. The van der Waals surface area contributed by atoms with E-state index in [4.69, 9.17) is 21.1 Å². The van der Waals surface area contributed by atoms with Crippen LogP contribution < -0.4 is 20.1 Å². The molecule has 0 saturated heterocycles. The molecule has 2 aromatic rings. The van der Waals surface area contributed by atoms with E-state index in [0.717, 1.165) is 5.56 Å². The molecule has 0 fully saturated rings. The molecule has 0 bridgehead atoms. The molecule has 1 aromatic heterocycles. The van der Waals surface area contributed by atoms with Crippen LogP contribution in [0.5, 0.6) is 11.5 Å². The van der Waals surface area contributed by atoms with Crippen LogP contribution in [-0.2, 0) is 7.05 Å². The normalized spacial score (nSPS) is 13.8. The van der Waals surface area contributed by atoms with Crippen LogP contribution in [-0.4, -0.2) is 22.6 Å². The zero-order chi connectivity index (χ0) is 15.7. The summed E-state index contributed by atoms with van der Waals surface area (Å²) >= 11 is 6.12. The van der Waals surface area contributed by atoms with Crippen molar-refractivity contribution in [3.8, 4) is 11.5 Å². The van der Waals surface area contributed by atoms with Gasteiger partial charge in [0.05, 0.1) is 22.9 Å². The second kappa shape index (κ2) is 5.76. The zero-order valence-corrected chi connectivity index (χ0v) is 12.8. The number of rotatable bonds is 3. The first-order valence-electron chi connectivity index (χ1n) is 6.68. The third-order valence-electron chi connectivity index (χ3n) is 3.28. The maximum absolute atomic E-state index is 12.1. The molecule has 1 atom stereocenters. The molecular formula is C14H15ClN4O3. The second-order valence-electron chi connectivity index (χ2n) is 4.95. The molecule has 116 valence electrons. The van der Waals surface area contributed by atoms with E-state index >= 15 is 0 Å². The van der Waals surface area contributed by atoms with Crippen molar-refractivity contribution in [2.24, 2.45) is 7.05 Å². The quantitative estimate of drug-likeness (QED) is 0.910. The molecule has 1 aliphatic heterocycles. The highest BCUT2D eigenvalue weighted by Gasteiger charge is 2.18. The van der Waals surface area contributed by atoms with Crippen molar-refractivity contribution in [1.29, 1.82) is 0 Å². The molecule has 0 radical (unpaired) electrons. The molecule has 0 aliphatic carbocycles. The number of amides is 2. The van der Waals surface area contributed by atoms with Crippen LogP contribution in [0.25, 0.3) is 0 Å². The highest BCUT2D eigenvalue weighted by molar-refractivity contribution is 6.34. The third kappa shape index (κ3) is 2.94. The van der Waals surface area contributed by atoms with Gasteiger partial charge >= 0.3 is 6.03 Å². The van der Waals surface area contributed by atoms with Crippen molar-refractivity contribution < 1.29 is 14.3 Å². The van der Waals surface area contributed by atoms with Crippen LogP contribution in [0.3, 0.4) is 0 Å². The number of urea groups is 1. The predicted molar refractivity (Wildman–Crippen MR) is 81.4 cm³/mol. The molecule has 2 amide bonds. The first-order valence-corrected chi connectivity index (χ1v) is 7.06. The molecule has 2 N–H and O–H groups in total. The van der Waals surface area contributed by atoms with E-state index in [0.29, 0.717) is 22.2 Å². The molecule has 0 unspecified atom stereocenters. The minimum Gasteiger partial charge on any atom is -0.454 e. The fourth-order valence-corrected chi connectivity index (χ4v) is 2.32. The number of ether oxygens (including phenoxy) is 2. The molecule has 0 saturated carbocycles. The number of nitrogens with one attached hydrogen (secondary N) is 2. The highest BCUT2D eigenvalue weighted by Crippen LogP contribution is 2.39. The van der Waals surface area contributed by atoms with Gasteiger partial charge in [-0.15, -0.1) is 0 Å². The Morgan fingerprint density at radius 1 is 1.41 bits per heavy atom. The molecule has 7 nitrogen and oxygen atoms in total. The topological polar surface area (TPSA) is 77.4 Å². The van der Waals surface area contributed by atoms with Gasteiger partial charge in [0.15, 0.2) is 11.5 Å². The first kappa shape index (κ1) is 14.5. The Bertz CT molecular complexity index is 716. The Labute approximate surface area is 132 Å². The molecule has 2 heterocycles. The van der Waals surface area contributed by atoms with Gasteiger partial charge in [0, 0.05) is 30.9 Å². The molecule has 3 rings (SSSR count). The van der Waals surface area contributed by atoms with Crippen molar-refractivity contribution in [2.75, 3.05) is 12.1 Å². The van der Waals surface area contributed by atoms with Gasteiger partial charge in [-0.3, -0.25) is 4.68 Å². The lowest BCUT2D eigenvalue weighted by Gasteiger charge is -2.14. The maximum Gasteiger partial charge on any atom is 0.319 e. The van der Waals surface area contributed by atoms with Gasteiger partial charge in [-0.2, -0.15) is 5.10 Å². The fourth-order valence-electron chi connectivity index (χ4n) is 2.12. The lowest BCUT2D eigenvalue weighted by atomic mass is 10.2. The van der Waals surface area contributed by atoms with Crippen molar-refractivity contribution in [1.82, 2.24) is 15.1 Å². The number of anilines is 1. The summed E-state index contributed by atoms with van der Waals surface area (Å²) in [6.45, 7) is 2.02. The molecule has 1 aliphatic rings. The summed E-state index contributed by atoms with van der Waals surface area (Å²) in [5.74, 6) is 1.12. The number of aryl methyl sites for hydroxylation is 1. The van der Waals surface area contributed by atoms with E-state index in [1.54, 1.807) is 23.0 Å². The average molecular weight is 323 g/mol. The largest absolute Gasteiger partial charge is 0.454 e. The van der Waals surface area contributed by atoms with Gasteiger partial charge in [0.1, 0.15) is 0 Å². The summed E-state index contributed by atoms with van der Waals surface area (Å²) in [6, 6.07) is 2.71. The van der Waals surface area contributed by atoms with Gasteiger partial charge in [0.2, 0.25) is 6.79 Å². The second-order valence-corrected chi connectivity index (χ2v) is 5.36. The monoisotopic (exact) mass is 322 g/mol. The highest BCUT2D eigenvalue weighted by atomic mass is 35.5. The Kier molecular flexibility index (Phi) is 3.81. The van der Waals surface area contributed by atoms with Crippen molar-refractivity contribution >= 4 is 23.3 Å². The summed E-state index contributed by atoms with van der Waals surface area (Å²) in [7, 11) is 1.82. The van der Waals surface area contributed by atoms with E-state index < -0.39 is 0 Å². The summed E-state index contributed by atoms with van der Waals surface area (Å²) in [4.78, 5) is 12.1. The Hall–Kier alpha value is -2.41. The number of carbonyl (C=O) groups is 1. The number of aromatic nitrogens is 2. The number of halogens is 1. The van der Waals surface area contributed by atoms with E-state index in [-0.39, 0.29) is 18.9 Å². The number of fused-ring (bicyclic) bond motifs is 1. The molecule has 0 spiro atoms. The van der Waals surface area contributed by atoms with E-state index in [1.807, 2.05) is 20.2 Å². The van der Waals surface area contributed by atoms with Gasteiger partial charge in [-0.05, 0) is 6.92 Å². The van der Waals surface area contributed by atoms with Gasteiger partial charge < -0.3 is 20.1 Å².